The number of alkyl halides is 3. The zero-order valence-electron chi connectivity index (χ0n) is 21.2. The first-order chi connectivity index (χ1) is 16.5. The highest BCUT2D eigenvalue weighted by Crippen LogP contribution is 2.33. The fourth-order valence-electron chi connectivity index (χ4n) is 5.29. The van der Waals surface area contributed by atoms with Gasteiger partial charge in [-0.2, -0.15) is 13.2 Å². The molecule has 1 aliphatic carbocycles. The van der Waals surface area contributed by atoms with Gasteiger partial charge in [0.15, 0.2) is 0 Å². The molecule has 35 heavy (non-hydrogen) atoms. The summed E-state index contributed by atoms with van der Waals surface area (Å²) in [7, 11) is 0. The Bertz CT molecular complexity index is 900. The van der Waals surface area contributed by atoms with E-state index >= 15 is 0 Å². The van der Waals surface area contributed by atoms with E-state index < -0.39 is 17.3 Å². The lowest BCUT2D eigenvalue weighted by Gasteiger charge is -2.40. The zero-order chi connectivity index (χ0) is 25.2. The summed E-state index contributed by atoms with van der Waals surface area (Å²) in [5.74, 6) is 0.866. The molecule has 1 unspecified atom stereocenters. The average molecular weight is 494 g/mol. The van der Waals surface area contributed by atoms with E-state index in [2.05, 4.69) is 25.8 Å². The van der Waals surface area contributed by atoms with Gasteiger partial charge in [-0.1, -0.05) is 32.4 Å². The lowest BCUT2D eigenvalue weighted by Crippen LogP contribution is -2.48. The second-order valence-corrected chi connectivity index (χ2v) is 11.0. The Morgan fingerprint density at radius 1 is 1.00 bits per heavy atom. The summed E-state index contributed by atoms with van der Waals surface area (Å²) >= 11 is 0. The molecule has 1 amide bonds. The standard InChI is InChI=1S/C26H38F3N5O/c1-25(2,3)24-30-21(26(27,28)29)18-22(31-24)33-16-14-32(15-17-33)12-6-7-13-34-20-9-5-4-8-19(20)10-11-23(34)35/h8,18,20H,4-7,9-17H2,1-3H3. The quantitative estimate of drug-likeness (QED) is 0.421. The minimum absolute atomic E-state index is 0.216. The number of piperidine rings is 1. The van der Waals surface area contributed by atoms with Gasteiger partial charge in [0.2, 0.25) is 5.91 Å². The smallest absolute Gasteiger partial charge is 0.354 e. The molecule has 3 aliphatic rings. The first kappa shape index (κ1) is 25.9. The monoisotopic (exact) mass is 493 g/mol. The Hall–Kier alpha value is -2.16. The minimum Gasteiger partial charge on any atom is -0.354 e. The lowest BCUT2D eigenvalue weighted by molar-refractivity contribution is -0.141. The van der Waals surface area contributed by atoms with E-state index in [0.717, 1.165) is 70.8 Å². The molecule has 0 bridgehead atoms. The van der Waals surface area contributed by atoms with Crippen molar-refractivity contribution in [2.24, 2.45) is 0 Å². The van der Waals surface area contributed by atoms with Gasteiger partial charge in [0.1, 0.15) is 17.3 Å². The highest BCUT2D eigenvalue weighted by atomic mass is 19.4. The minimum atomic E-state index is -4.50. The van der Waals surface area contributed by atoms with Crippen molar-refractivity contribution in [3.05, 3.63) is 29.2 Å². The van der Waals surface area contributed by atoms with E-state index in [-0.39, 0.29) is 5.82 Å². The number of fused-ring (bicyclic) bond motifs is 1. The van der Waals surface area contributed by atoms with E-state index in [1.165, 1.54) is 5.57 Å². The average Bonchev–Trinajstić information content (AvgIpc) is 2.82. The van der Waals surface area contributed by atoms with Gasteiger partial charge in [0.25, 0.3) is 0 Å². The van der Waals surface area contributed by atoms with Crippen LogP contribution in [0.15, 0.2) is 17.7 Å². The van der Waals surface area contributed by atoms with Crippen LogP contribution >= 0.6 is 0 Å². The maximum Gasteiger partial charge on any atom is 0.433 e. The van der Waals surface area contributed by atoms with Crippen molar-refractivity contribution < 1.29 is 18.0 Å². The van der Waals surface area contributed by atoms with Crippen LogP contribution in [0.5, 0.6) is 0 Å². The van der Waals surface area contributed by atoms with Crippen LogP contribution in [0.2, 0.25) is 0 Å². The maximum absolute atomic E-state index is 13.4. The summed E-state index contributed by atoms with van der Waals surface area (Å²) in [5, 5.41) is 0. The number of unbranched alkanes of at least 4 members (excludes halogenated alkanes) is 1. The molecule has 1 aromatic rings. The highest BCUT2D eigenvalue weighted by molar-refractivity contribution is 5.78. The zero-order valence-corrected chi connectivity index (χ0v) is 21.2. The number of anilines is 1. The molecule has 2 saturated heterocycles. The largest absolute Gasteiger partial charge is 0.433 e. The number of aromatic nitrogens is 2. The number of rotatable bonds is 6. The Kier molecular flexibility index (Phi) is 7.74. The van der Waals surface area contributed by atoms with Crippen LogP contribution in [0.25, 0.3) is 0 Å². The topological polar surface area (TPSA) is 52.6 Å². The van der Waals surface area contributed by atoms with Crippen molar-refractivity contribution >= 4 is 11.7 Å². The molecule has 0 N–H and O–H groups in total. The summed E-state index contributed by atoms with van der Waals surface area (Å²) in [4.78, 5) is 27.2. The van der Waals surface area contributed by atoms with Crippen molar-refractivity contribution in [2.75, 3.05) is 44.2 Å². The van der Waals surface area contributed by atoms with Gasteiger partial charge in [-0.15, -0.1) is 0 Å². The molecular formula is C26H38F3N5O. The Morgan fingerprint density at radius 2 is 1.71 bits per heavy atom. The fraction of sp³-hybridized carbons (Fsp3) is 0.731. The molecular weight excluding hydrogens is 455 g/mol. The summed E-state index contributed by atoms with van der Waals surface area (Å²) in [6.07, 6.45) is 4.80. The van der Waals surface area contributed by atoms with Gasteiger partial charge < -0.3 is 9.80 Å². The summed E-state index contributed by atoms with van der Waals surface area (Å²) < 4.78 is 40.3. The maximum atomic E-state index is 13.4. The van der Waals surface area contributed by atoms with E-state index in [0.29, 0.717) is 37.3 Å². The van der Waals surface area contributed by atoms with Crippen LogP contribution in [0, 0.1) is 0 Å². The number of allylic oxidation sites excluding steroid dienone is 1. The van der Waals surface area contributed by atoms with Crippen LogP contribution in [0.1, 0.15) is 77.2 Å². The number of nitrogens with zero attached hydrogens (tertiary/aromatic N) is 5. The highest BCUT2D eigenvalue weighted by Gasteiger charge is 2.36. The van der Waals surface area contributed by atoms with Gasteiger partial charge in [0.05, 0.1) is 6.04 Å². The summed E-state index contributed by atoms with van der Waals surface area (Å²) in [5.41, 5.74) is 0.0138. The third-order valence-corrected chi connectivity index (χ3v) is 7.33. The second kappa shape index (κ2) is 10.4. The number of amides is 1. The molecule has 0 radical (unpaired) electrons. The van der Waals surface area contributed by atoms with E-state index in [4.69, 9.17) is 0 Å². The van der Waals surface area contributed by atoms with Crippen molar-refractivity contribution in [3.63, 3.8) is 0 Å². The molecule has 1 atom stereocenters. The van der Waals surface area contributed by atoms with Gasteiger partial charge >= 0.3 is 6.18 Å². The predicted molar refractivity (Wildman–Crippen MR) is 130 cm³/mol. The Labute approximate surface area is 206 Å². The van der Waals surface area contributed by atoms with E-state index in [9.17, 15) is 18.0 Å². The van der Waals surface area contributed by atoms with Crippen molar-refractivity contribution in [1.29, 1.82) is 0 Å². The number of hydrogen-bond donors (Lipinski definition) is 0. The van der Waals surface area contributed by atoms with Gasteiger partial charge in [0, 0.05) is 50.6 Å². The van der Waals surface area contributed by atoms with Crippen molar-refractivity contribution in [1.82, 2.24) is 19.8 Å². The number of piperazine rings is 1. The first-order valence-corrected chi connectivity index (χ1v) is 12.9. The van der Waals surface area contributed by atoms with Gasteiger partial charge in [-0.3, -0.25) is 9.69 Å². The number of carbonyl (C=O) groups excluding carboxylic acids is 1. The van der Waals surface area contributed by atoms with Gasteiger partial charge in [-0.25, -0.2) is 9.97 Å². The molecule has 6 nitrogen and oxygen atoms in total. The fourth-order valence-corrected chi connectivity index (χ4v) is 5.29. The molecule has 194 valence electrons. The number of hydrogen-bond acceptors (Lipinski definition) is 5. The molecule has 0 saturated carbocycles. The number of halogens is 3. The summed E-state index contributed by atoms with van der Waals surface area (Å²) in [6, 6.07) is 1.40. The van der Waals surface area contributed by atoms with Crippen LogP contribution in [-0.4, -0.2) is 71.0 Å². The molecule has 2 fully saturated rings. The molecule has 4 rings (SSSR count). The number of likely N-dealkylation sites (tertiary alicyclic amines) is 1. The molecule has 3 heterocycles. The van der Waals surface area contributed by atoms with Crippen LogP contribution < -0.4 is 4.90 Å². The van der Waals surface area contributed by atoms with E-state index in [1.807, 2.05) is 25.7 Å². The Balaban J connectivity index is 1.27. The molecule has 1 aromatic heterocycles. The van der Waals surface area contributed by atoms with Crippen LogP contribution in [0.4, 0.5) is 19.0 Å². The van der Waals surface area contributed by atoms with Crippen molar-refractivity contribution in [3.8, 4) is 0 Å². The second-order valence-electron chi connectivity index (χ2n) is 11.0. The SMILES string of the molecule is CC(C)(C)c1nc(N2CCN(CCCCN3C(=O)CCC4=CCCCC43)CC2)cc(C(F)(F)F)n1. The number of carbonyl (C=O) groups is 1. The van der Waals surface area contributed by atoms with Crippen molar-refractivity contribution in [2.45, 2.75) is 83.4 Å². The van der Waals surface area contributed by atoms with Crippen LogP contribution in [-0.2, 0) is 16.4 Å². The third kappa shape index (κ3) is 6.35. The predicted octanol–water partition coefficient (Wildman–Crippen LogP) is 4.80. The molecule has 0 spiro atoms. The Morgan fingerprint density at radius 3 is 2.40 bits per heavy atom. The molecule has 0 aromatic carbocycles. The third-order valence-electron chi connectivity index (χ3n) is 7.33. The molecule has 2 aliphatic heterocycles. The molecule has 9 heteroatoms. The van der Waals surface area contributed by atoms with Crippen LogP contribution in [0.3, 0.4) is 0 Å². The van der Waals surface area contributed by atoms with E-state index in [1.54, 1.807) is 0 Å². The first-order valence-electron chi connectivity index (χ1n) is 12.9. The normalized spacial score (nSPS) is 22.3. The van der Waals surface area contributed by atoms with Gasteiger partial charge in [-0.05, 0) is 45.1 Å². The lowest BCUT2D eigenvalue weighted by atomic mass is 9.86. The summed E-state index contributed by atoms with van der Waals surface area (Å²) in [6.45, 7) is 10.1.